The molecule has 2 heterocycles. The summed E-state index contributed by atoms with van der Waals surface area (Å²) in [6.45, 7) is 1.97. The van der Waals surface area contributed by atoms with E-state index >= 15 is 0 Å². The summed E-state index contributed by atoms with van der Waals surface area (Å²) in [5.74, 6) is 1.13. The number of furan rings is 1. The van der Waals surface area contributed by atoms with Crippen molar-refractivity contribution >= 4 is 46.4 Å². The molecule has 0 aliphatic carbocycles. The molecular weight excluding hydrogens is 357 g/mol. The van der Waals surface area contributed by atoms with E-state index in [-0.39, 0.29) is 5.91 Å². The molecule has 1 aromatic heterocycles. The van der Waals surface area contributed by atoms with Crippen LogP contribution in [0.15, 0.2) is 52.9 Å². The number of amides is 1. The Morgan fingerprint density at radius 2 is 1.88 bits per heavy atom. The van der Waals surface area contributed by atoms with Crippen LogP contribution in [-0.4, -0.2) is 5.91 Å². The second-order valence-electron chi connectivity index (χ2n) is 5.84. The van der Waals surface area contributed by atoms with Crippen molar-refractivity contribution in [3.05, 3.63) is 75.5 Å². The highest BCUT2D eigenvalue weighted by molar-refractivity contribution is 6.42. The lowest BCUT2D eigenvalue weighted by Crippen LogP contribution is -2.04. The fourth-order valence-electron chi connectivity index (χ4n) is 2.88. The molecule has 1 aliphatic rings. The lowest BCUT2D eigenvalue weighted by molar-refractivity contribution is -0.110. The predicted octanol–water partition coefficient (Wildman–Crippen LogP) is 6.05. The number of aryl methyl sites for hydroxylation is 1. The number of hydrogen-bond donors (Lipinski definition) is 1. The quantitative estimate of drug-likeness (QED) is 0.558. The van der Waals surface area contributed by atoms with Gasteiger partial charge in [0.1, 0.15) is 11.5 Å². The van der Waals surface area contributed by atoms with E-state index in [9.17, 15) is 4.79 Å². The first-order valence-corrected chi connectivity index (χ1v) is 8.47. The Bertz CT molecular complexity index is 1030. The third kappa shape index (κ3) is 2.86. The highest BCUT2D eigenvalue weighted by atomic mass is 35.5. The fraction of sp³-hybridized carbons (Fsp3) is 0.0500. The SMILES string of the molecule is Cc1cccc2c1NC(=O)C2=Cc1ccc(-c2ccc(Cl)c(Cl)c2)o1. The molecule has 0 fully saturated rings. The van der Waals surface area contributed by atoms with Gasteiger partial charge in [0, 0.05) is 11.1 Å². The lowest BCUT2D eigenvalue weighted by atomic mass is 10.0. The van der Waals surface area contributed by atoms with Gasteiger partial charge in [0.05, 0.1) is 21.3 Å². The van der Waals surface area contributed by atoms with Gasteiger partial charge in [0.2, 0.25) is 0 Å². The van der Waals surface area contributed by atoms with Gasteiger partial charge in [-0.05, 0) is 48.9 Å². The molecule has 1 aliphatic heterocycles. The normalized spacial score (nSPS) is 14.7. The molecule has 25 heavy (non-hydrogen) atoms. The van der Waals surface area contributed by atoms with E-state index in [1.165, 1.54) is 0 Å². The maximum atomic E-state index is 12.3. The molecule has 0 saturated heterocycles. The largest absolute Gasteiger partial charge is 0.457 e. The Labute approximate surface area is 154 Å². The van der Waals surface area contributed by atoms with Crippen LogP contribution in [-0.2, 0) is 4.79 Å². The number of benzene rings is 2. The summed E-state index contributed by atoms with van der Waals surface area (Å²) in [5, 5.41) is 3.87. The van der Waals surface area contributed by atoms with Crippen molar-refractivity contribution in [2.45, 2.75) is 6.92 Å². The number of para-hydroxylation sites is 1. The van der Waals surface area contributed by atoms with Crippen molar-refractivity contribution < 1.29 is 9.21 Å². The van der Waals surface area contributed by atoms with E-state index in [2.05, 4.69) is 5.32 Å². The van der Waals surface area contributed by atoms with Crippen LogP contribution in [0.25, 0.3) is 23.0 Å². The predicted molar refractivity (Wildman–Crippen MR) is 102 cm³/mol. The summed E-state index contributed by atoms with van der Waals surface area (Å²) in [5.41, 5.74) is 4.19. The maximum absolute atomic E-state index is 12.3. The maximum Gasteiger partial charge on any atom is 0.256 e. The van der Waals surface area contributed by atoms with Crippen molar-refractivity contribution in [3.63, 3.8) is 0 Å². The van der Waals surface area contributed by atoms with E-state index in [0.29, 0.717) is 27.1 Å². The highest BCUT2D eigenvalue weighted by Gasteiger charge is 2.25. The minimum Gasteiger partial charge on any atom is -0.457 e. The molecule has 0 unspecified atom stereocenters. The van der Waals surface area contributed by atoms with Crippen molar-refractivity contribution in [1.82, 2.24) is 0 Å². The zero-order valence-corrected chi connectivity index (χ0v) is 14.8. The van der Waals surface area contributed by atoms with E-state index in [1.807, 2.05) is 43.3 Å². The standard InChI is InChI=1S/C20H13Cl2NO2/c1-11-3-2-4-14-15(20(24)23-19(11)14)10-13-6-8-18(25-13)12-5-7-16(21)17(22)9-12/h2-10H,1H3,(H,23,24). The van der Waals surface area contributed by atoms with Crippen LogP contribution in [0.5, 0.6) is 0 Å². The molecule has 3 nitrogen and oxygen atoms in total. The molecular formula is C20H13Cl2NO2. The molecule has 4 rings (SSSR count). The molecule has 2 aromatic carbocycles. The average Bonchev–Trinajstić information content (AvgIpc) is 3.17. The van der Waals surface area contributed by atoms with Crippen LogP contribution in [0, 0.1) is 6.92 Å². The van der Waals surface area contributed by atoms with E-state index in [0.717, 1.165) is 22.4 Å². The minimum atomic E-state index is -0.128. The highest BCUT2D eigenvalue weighted by Crippen LogP contribution is 2.36. The topological polar surface area (TPSA) is 42.2 Å². The number of carbonyl (C=O) groups is 1. The molecule has 3 aromatic rings. The van der Waals surface area contributed by atoms with Gasteiger partial charge in [-0.3, -0.25) is 4.79 Å². The Morgan fingerprint density at radius 3 is 2.68 bits per heavy atom. The molecule has 1 N–H and O–H groups in total. The van der Waals surface area contributed by atoms with Crippen LogP contribution in [0.4, 0.5) is 5.69 Å². The first kappa shape index (κ1) is 16.0. The molecule has 5 heteroatoms. The summed E-state index contributed by atoms with van der Waals surface area (Å²) >= 11 is 12.0. The Balaban J connectivity index is 1.72. The second-order valence-corrected chi connectivity index (χ2v) is 6.65. The third-order valence-corrected chi connectivity index (χ3v) is 4.90. The smallest absolute Gasteiger partial charge is 0.256 e. The van der Waals surface area contributed by atoms with Crippen molar-refractivity contribution in [2.75, 3.05) is 5.32 Å². The van der Waals surface area contributed by atoms with Crippen LogP contribution >= 0.6 is 23.2 Å². The van der Waals surface area contributed by atoms with Gasteiger partial charge >= 0.3 is 0 Å². The number of halogens is 2. The summed E-state index contributed by atoms with van der Waals surface area (Å²) in [6, 6.07) is 14.8. The average molecular weight is 370 g/mol. The second kappa shape index (κ2) is 6.10. The van der Waals surface area contributed by atoms with Gasteiger partial charge in [0.15, 0.2) is 0 Å². The van der Waals surface area contributed by atoms with Crippen LogP contribution in [0.1, 0.15) is 16.9 Å². The van der Waals surface area contributed by atoms with Gasteiger partial charge in [-0.25, -0.2) is 0 Å². The Hall–Kier alpha value is -2.49. The minimum absolute atomic E-state index is 0.128. The first-order chi connectivity index (χ1) is 12.0. The molecule has 0 atom stereocenters. The van der Waals surface area contributed by atoms with Crippen LogP contribution < -0.4 is 5.32 Å². The van der Waals surface area contributed by atoms with E-state index in [4.69, 9.17) is 27.6 Å². The summed E-state index contributed by atoms with van der Waals surface area (Å²) in [7, 11) is 0. The summed E-state index contributed by atoms with van der Waals surface area (Å²) in [6.07, 6.45) is 1.75. The summed E-state index contributed by atoms with van der Waals surface area (Å²) in [4.78, 5) is 12.3. The monoisotopic (exact) mass is 369 g/mol. The number of hydrogen-bond acceptors (Lipinski definition) is 2. The molecule has 0 saturated carbocycles. The molecule has 0 radical (unpaired) electrons. The summed E-state index contributed by atoms with van der Waals surface area (Å²) < 4.78 is 5.86. The number of nitrogens with one attached hydrogen (secondary N) is 1. The fourth-order valence-corrected chi connectivity index (χ4v) is 3.18. The zero-order valence-electron chi connectivity index (χ0n) is 13.3. The van der Waals surface area contributed by atoms with E-state index < -0.39 is 0 Å². The number of rotatable bonds is 2. The molecule has 124 valence electrons. The van der Waals surface area contributed by atoms with Gasteiger partial charge in [-0.15, -0.1) is 0 Å². The number of anilines is 1. The molecule has 1 amide bonds. The van der Waals surface area contributed by atoms with Gasteiger partial charge in [0.25, 0.3) is 5.91 Å². The van der Waals surface area contributed by atoms with E-state index in [1.54, 1.807) is 18.2 Å². The van der Waals surface area contributed by atoms with Crippen molar-refractivity contribution in [3.8, 4) is 11.3 Å². The Kier molecular flexibility index (Phi) is 3.91. The van der Waals surface area contributed by atoms with Gasteiger partial charge in [-0.2, -0.15) is 0 Å². The first-order valence-electron chi connectivity index (χ1n) is 7.71. The van der Waals surface area contributed by atoms with Crippen LogP contribution in [0.2, 0.25) is 10.0 Å². The number of carbonyl (C=O) groups excluding carboxylic acids is 1. The Morgan fingerprint density at radius 1 is 1.04 bits per heavy atom. The van der Waals surface area contributed by atoms with Gasteiger partial charge < -0.3 is 9.73 Å². The van der Waals surface area contributed by atoms with Crippen molar-refractivity contribution in [1.29, 1.82) is 0 Å². The van der Waals surface area contributed by atoms with Gasteiger partial charge in [-0.1, -0.05) is 41.4 Å². The zero-order chi connectivity index (χ0) is 17.6. The third-order valence-electron chi connectivity index (χ3n) is 4.16. The molecule has 0 bridgehead atoms. The van der Waals surface area contributed by atoms with Crippen molar-refractivity contribution in [2.24, 2.45) is 0 Å². The van der Waals surface area contributed by atoms with Crippen LogP contribution in [0.3, 0.4) is 0 Å². The lowest BCUT2D eigenvalue weighted by Gasteiger charge is -2.01. The number of fused-ring (bicyclic) bond motifs is 1. The molecule has 0 spiro atoms.